The second kappa shape index (κ2) is 8.10. The summed E-state index contributed by atoms with van der Waals surface area (Å²) in [4.78, 5) is 12.7. The number of ether oxygens (including phenoxy) is 1. The molecule has 2 aromatic carbocycles. The fourth-order valence-electron chi connectivity index (χ4n) is 2.50. The molecule has 1 unspecified atom stereocenters. The second-order valence-corrected chi connectivity index (χ2v) is 8.92. The molecule has 0 fully saturated rings. The van der Waals surface area contributed by atoms with Gasteiger partial charge in [-0.2, -0.15) is 0 Å². The normalized spacial score (nSPS) is 12.7. The molecule has 2 aromatic rings. The van der Waals surface area contributed by atoms with Crippen LogP contribution in [0.25, 0.3) is 0 Å². The van der Waals surface area contributed by atoms with Crippen molar-refractivity contribution in [2.45, 2.75) is 38.7 Å². The lowest BCUT2D eigenvalue weighted by atomic mass is 10.1. The molecule has 1 amide bonds. The predicted molar refractivity (Wildman–Crippen MR) is 107 cm³/mol. The zero-order valence-electron chi connectivity index (χ0n) is 16.5. The zero-order chi connectivity index (χ0) is 20.4. The largest absolute Gasteiger partial charge is 0.481 e. The van der Waals surface area contributed by atoms with Crippen LogP contribution in [0.3, 0.4) is 0 Å². The molecule has 7 heteroatoms. The van der Waals surface area contributed by atoms with Crippen LogP contribution in [0, 0.1) is 20.8 Å². The van der Waals surface area contributed by atoms with Gasteiger partial charge in [0.1, 0.15) is 5.75 Å². The van der Waals surface area contributed by atoms with E-state index in [1.54, 1.807) is 19.1 Å². The van der Waals surface area contributed by atoms with E-state index in [-0.39, 0.29) is 10.8 Å². The van der Waals surface area contributed by atoms with Crippen molar-refractivity contribution in [2.24, 2.45) is 0 Å². The van der Waals surface area contributed by atoms with E-state index in [1.165, 1.54) is 20.2 Å². The Morgan fingerprint density at radius 1 is 1.11 bits per heavy atom. The van der Waals surface area contributed by atoms with Crippen LogP contribution in [-0.4, -0.2) is 38.8 Å². The van der Waals surface area contributed by atoms with Gasteiger partial charge in [-0.05, 0) is 68.7 Å². The quantitative estimate of drug-likeness (QED) is 0.821. The molecule has 1 N–H and O–H groups in total. The van der Waals surface area contributed by atoms with Crippen LogP contribution in [-0.2, 0) is 14.8 Å². The van der Waals surface area contributed by atoms with E-state index in [9.17, 15) is 13.2 Å². The molecular weight excluding hydrogens is 364 g/mol. The number of hydrogen-bond acceptors (Lipinski definition) is 4. The fourth-order valence-corrected chi connectivity index (χ4v) is 3.51. The summed E-state index contributed by atoms with van der Waals surface area (Å²) < 4.78 is 31.7. The van der Waals surface area contributed by atoms with Crippen molar-refractivity contribution < 1.29 is 17.9 Å². The van der Waals surface area contributed by atoms with Crippen molar-refractivity contribution in [3.8, 4) is 5.75 Å². The van der Waals surface area contributed by atoms with Crippen molar-refractivity contribution in [1.82, 2.24) is 4.31 Å². The number of benzene rings is 2. The lowest BCUT2D eigenvalue weighted by Gasteiger charge is -2.19. The van der Waals surface area contributed by atoms with Crippen molar-refractivity contribution in [3.05, 3.63) is 53.1 Å². The van der Waals surface area contributed by atoms with Gasteiger partial charge in [0, 0.05) is 19.8 Å². The molecule has 0 heterocycles. The van der Waals surface area contributed by atoms with Crippen LogP contribution in [0.5, 0.6) is 5.75 Å². The first-order valence-electron chi connectivity index (χ1n) is 8.60. The van der Waals surface area contributed by atoms with Crippen molar-refractivity contribution >= 4 is 21.6 Å². The van der Waals surface area contributed by atoms with Crippen molar-refractivity contribution in [2.75, 3.05) is 19.4 Å². The summed E-state index contributed by atoms with van der Waals surface area (Å²) in [5.74, 6) is 0.257. The van der Waals surface area contributed by atoms with Crippen molar-refractivity contribution in [1.29, 1.82) is 0 Å². The smallest absolute Gasteiger partial charge is 0.265 e. The van der Waals surface area contributed by atoms with Crippen LogP contribution < -0.4 is 10.1 Å². The van der Waals surface area contributed by atoms with Crippen molar-refractivity contribution in [3.63, 3.8) is 0 Å². The summed E-state index contributed by atoms with van der Waals surface area (Å²) in [6, 6.07) is 10.5. The molecule has 0 aliphatic heterocycles. The van der Waals surface area contributed by atoms with Crippen LogP contribution in [0.1, 0.15) is 23.6 Å². The molecule has 27 heavy (non-hydrogen) atoms. The van der Waals surface area contributed by atoms with E-state index >= 15 is 0 Å². The van der Waals surface area contributed by atoms with E-state index in [0.717, 1.165) is 21.0 Å². The molecular formula is C20H26N2O4S. The monoisotopic (exact) mass is 390 g/mol. The number of hydrogen-bond donors (Lipinski definition) is 1. The Balaban J connectivity index is 2.25. The van der Waals surface area contributed by atoms with E-state index in [0.29, 0.717) is 11.4 Å². The first kappa shape index (κ1) is 20.9. The van der Waals surface area contributed by atoms with Gasteiger partial charge in [0.25, 0.3) is 5.91 Å². The number of nitrogens with one attached hydrogen (secondary N) is 1. The minimum Gasteiger partial charge on any atom is -0.481 e. The summed E-state index contributed by atoms with van der Waals surface area (Å²) in [5.41, 5.74) is 3.08. The summed E-state index contributed by atoms with van der Waals surface area (Å²) in [6.07, 6.45) is -0.736. The highest BCUT2D eigenvalue weighted by atomic mass is 32.2. The van der Waals surface area contributed by atoms with Crippen LogP contribution >= 0.6 is 0 Å². The molecule has 1 atom stereocenters. The SMILES string of the molecule is Cc1cccc(OC(C)C(=O)Nc2cc(S(=O)(=O)N(C)C)cc(C)c2C)c1. The maximum atomic E-state index is 12.6. The lowest BCUT2D eigenvalue weighted by molar-refractivity contribution is -0.122. The van der Waals surface area contributed by atoms with Gasteiger partial charge >= 0.3 is 0 Å². The van der Waals surface area contributed by atoms with E-state index in [4.69, 9.17) is 4.74 Å². The average molecular weight is 391 g/mol. The summed E-state index contributed by atoms with van der Waals surface area (Å²) in [7, 11) is -0.652. The number of amides is 1. The number of carbonyl (C=O) groups is 1. The van der Waals surface area contributed by atoms with Gasteiger partial charge in [0.05, 0.1) is 4.90 Å². The fraction of sp³-hybridized carbons (Fsp3) is 0.350. The minimum atomic E-state index is -3.60. The Kier molecular flexibility index (Phi) is 6.28. The van der Waals surface area contributed by atoms with Crippen LogP contribution in [0.4, 0.5) is 5.69 Å². The zero-order valence-corrected chi connectivity index (χ0v) is 17.3. The average Bonchev–Trinajstić information content (AvgIpc) is 2.58. The predicted octanol–water partition coefficient (Wildman–Crippen LogP) is 3.27. The molecule has 6 nitrogen and oxygen atoms in total. The summed E-state index contributed by atoms with van der Waals surface area (Å²) in [5, 5.41) is 2.79. The van der Waals surface area contributed by atoms with E-state index in [1.807, 2.05) is 39.0 Å². The van der Waals surface area contributed by atoms with Crippen LogP contribution in [0.15, 0.2) is 41.3 Å². The Hall–Kier alpha value is -2.38. The van der Waals surface area contributed by atoms with Gasteiger partial charge in [0.15, 0.2) is 6.10 Å². The number of sulfonamides is 1. The van der Waals surface area contributed by atoms with Gasteiger partial charge in [0.2, 0.25) is 10.0 Å². The molecule has 146 valence electrons. The summed E-state index contributed by atoms with van der Waals surface area (Å²) >= 11 is 0. The Morgan fingerprint density at radius 3 is 2.37 bits per heavy atom. The molecule has 0 radical (unpaired) electrons. The Morgan fingerprint density at radius 2 is 1.78 bits per heavy atom. The molecule has 2 rings (SSSR count). The third kappa shape index (κ3) is 4.87. The number of rotatable bonds is 6. The molecule has 0 saturated heterocycles. The van der Waals surface area contributed by atoms with Gasteiger partial charge in [-0.25, -0.2) is 12.7 Å². The molecule has 0 bridgehead atoms. The molecule has 0 aromatic heterocycles. The lowest BCUT2D eigenvalue weighted by Crippen LogP contribution is -2.30. The van der Waals surface area contributed by atoms with Gasteiger partial charge < -0.3 is 10.1 Å². The number of carbonyl (C=O) groups excluding carboxylic acids is 1. The highest BCUT2D eigenvalue weighted by Crippen LogP contribution is 2.26. The standard InChI is InChI=1S/C20H26N2O4S/c1-13-8-7-9-17(10-13)26-16(4)20(23)21-19-12-18(11-14(2)15(19)3)27(24,25)22(5)6/h7-12,16H,1-6H3,(H,21,23). The highest BCUT2D eigenvalue weighted by molar-refractivity contribution is 7.89. The van der Waals surface area contributed by atoms with E-state index in [2.05, 4.69) is 5.32 Å². The Bertz CT molecular complexity index is 952. The molecule has 0 aliphatic carbocycles. The number of anilines is 1. The van der Waals surface area contributed by atoms with Crippen LogP contribution in [0.2, 0.25) is 0 Å². The third-order valence-corrected chi connectivity index (χ3v) is 6.14. The minimum absolute atomic E-state index is 0.137. The number of nitrogens with zero attached hydrogens (tertiary/aromatic N) is 1. The van der Waals surface area contributed by atoms with Gasteiger partial charge in [-0.1, -0.05) is 12.1 Å². The van der Waals surface area contributed by atoms with E-state index < -0.39 is 16.1 Å². The van der Waals surface area contributed by atoms with Gasteiger partial charge in [-0.3, -0.25) is 4.79 Å². The van der Waals surface area contributed by atoms with Gasteiger partial charge in [-0.15, -0.1) is 0 Å². The first-order valence-corrected chi connectivity index (χ1v) is 10.0. The highest BCUT2D eigenvalue weighted by Gasteiger charge is 2.21. The molecule has 0 spiro atoms. The first-order chi connectivity index (χ1) is 12.5. The summed E-state index contributed by atoms with van der Waals surface area (Å²) in [6.45, 7) is 7.25. The third-order valence-electron chi connectivity index (χ3n) is 4.35. The topological polar surface area (TPSA) is 75.7 Å². The Labute approximate surface area is 161 Å². The maximum Gasteiger partial charge on any atom is 0.265 e. The second-order valence-electron chi connectivity index (χ2n) is 6.77. The maximum absolute atomic E-state index is 12.6. The molecule has 0 saturated carbocycles. The number of aryl methyl sites for hydroxylation is 2. The molecule has 0 aliphatic rings.